The summed E-state index contributed by atoms with van der Waals surface area (Å²) in [6.07, 6.45) is 4.00. The maximum atomic E-state index is 6.10. The van der Waals surface area contributed by atoms with Gasteiger partial charge in [0.25, 0.3) is 0 Å². The van der Waals surface area contributed by atoms with Gasteiger partial charge in [-0.05, 0) is 50.0 Å². The van der Waals surface area contributed by atoms with Crippen LogP contribution in [-0.2, 0) is 6.54 Å². The molecule has 0 spiro atoms. The summed E-state index contributed by atoms with van der Waals surface area (Å²) >= 11 is 12.2. The number of halogens is 2. The zero-order chi connectivity index (χ0) is 14.1. The highest BCUT2D eigenvalue weighted by Crippen LogP contribution is 2.30. The van der Waals surface area contributed by atoms with Gasteiger partial charge < -0.3 is 5.73 Å². The zero-order valence-electron chi connectivity index (χ0n) is 11.6. The summed E-state index contributed by atoms with van der Waals surface area (Å²) in [5, 5.41) is 1.12. The van der Waals surface area contributed by atoms with E-state index in [-0.39, 0.29) is 0 Å². The molecule has 0 saturated carbocycles. The summed E-state index contributed by atoms with van der Waals surface area (Å²) in [6, 6.07) is 4.61. The Hall–Kier alpha value is -0.480. The van der Waals surface area contributed by atoms with Crippen LogP contribution in [0.3, 0.4) is 0 Å². The number of likely N-dealkylation sites (tertiary alicyclic amines) is 2. The molecule has 2 fully saturated rings. The molecule has 0 aliphatic carbocycles. The molecule has 2 aliphatic rings. The largest absolute Gasteiger partial charge is 0.396 e. The molecule has 5 heteroatoms. The fraction of sp³-hybridized carbons (Fsp3) is 0.600. The number of hydrogen-bond acceptors (Lipinski definition) is 3. The van der Waals surface area contributed by atoms with E-state index in [4.69, 9.17) is 28.9 Å². The Bertz CT molecular complexity index is 463. The highest BCUT2D eigenvalue weighted by molar-refractivity contribution is 6.38. The van der Waals surface area contributed by atoms with Crippen molar-refractivity contribution in [1.29, 1.82) is 0 Å². The normalized spacial score (nSPS) is 24.6. The van der Waals surface area contributed by atoms with Crippen molar-refractivity contribution < 1.29 is 0 Å². The van der Waals surface area contributed by atoms with Crippen LogP contribution in [0.2, 0.25) is 10.0 Å². The molecule has 2 aliphatic heterocycles. The SMILES string of the molecule is Nc1c(Cl)cc(CN2CCC(N3CCCC3)C2)cc1Cl. The van der Waals surface area contributed by atoms with Crippen LogP contribution >= 0.6 is 23.2 Å². The molecule has 110 valence electrons. The second-order valence-electron chi connectivity index (χ2n) is 5.89. The van der Waals surface area contributed by atoms with Gasteiger partial charge in [-0.2, -0.15) is 0 Å². The van der Waals surface area contributed by atoms with Gasteiger partial charge in [0.15, 0.2) is 0 Å². The Kier molecular flexibility index (Phi) is 4.41. The van der Waals surface area contributed by atoms with Gasteiger partial charge in [0.1, 0.15) is 0 Å². The average Bonchev–Trinajstić information content (AvgIpc) is 3.05. The van der Waals surface area contributed by atoms with Crippen LogP contribution in [0.15, 0.2) is 12.1 Å². The van der Waals surface area contributed by atoms with Gasteiger partial charge in [-0.15, -0.1) is 0 Å². The van der Waals surface area contributed by atoms with E-state index in [1.54, 1.807) is 0 Å². The number of benzene rings is 1. The molecule has 0 amide bonds. The summed E-state index contributed by atoms with van der Waals surface area (Å²) in [7, 11) is 0. The van der Waals surface area contributed by atoms with Crippen molar-refractivity contribution in [3.8, 4) is 0 Å². The first-order valence-corrected chi connectivity index (χ1v) is 8.09. The number of nitrogens with zero attached hydrogens (tertiary/aromatic N) is 2. The smallest absolute Gasteiger partial charge is 0.0693 e. The van der Waals surface area contributed by atoms with Gasteiger partial charge in [0.05, 0.1) is 15.7 Å². The maximum absolute atomic E-state index is 6.10. The zero-order valence-corrected chi connectivity index (χ0v) is 13.1. The van der Waals surface area contributed by atoms with Crippen molar-refractivity contribution in [3.63, 3.8) is 0 Å². The van der Waals surface area contributed by atoms with E-state index in [0.29, 0.717) is 15.7 Å². The van der Waals surface area contributed by atoms with Crippen LogP contribution in [0, 0.1) is 0 Å². The fourth-order valence-corrected chi connectivity index (χ4v) is 3.88. The Morgan fingerprint density at radius 2 is 1.75 bits per heavy atom. The van der Waals surface area contributed by atoms with E-state index in [1.807, 2.05) is 12.1 Å². The molecule has 2 N–H and O–H groups in total. The molecule has 3 nitrogen and oxygen atoms in total. The van der Waals surface area contributed by atoms with Crippen LogP contribution in [0.5, 0.6) is 0 Å². The van der Waals surface area contributed by atoms with Crippen LogP contribution in [-0.4, -0.2) is 42.0 Å². The minimum Gasteiger partial charge on any atom is -0.396 e. The molecule has 1 unspecified atom stereocenters. The van der Waals surface area contributed by atoms with Gasteiger partial charge in [-0.1, -0.05) is 23.2 Å². The first-order valence-electron chi connectivity index (χ1n) is 7.33. The number of nitrogen functional groups attached to an aromatic ring is 1. The molecule has 1 aromatic carbocycles. The molecule has 3 rings (SSSR count). The van der Waals surface area contributed by atoms with Crippen LogP contribution in [0.25, 0.3) is 0 Å². The van der Waals surface area contributed by atoms with Crippen molar-refractivity contribution in [3.05, 3.63) is 27.7 Å². The topological polar surface area (TPSA) is 32.5 Å². The third-order valence-corrected chi connectivity index (χ3v) is 5.07. The molecular formula is C15H21Cl2N3. The minimum absolute atomic E-state index is 0.480. The van der Waals surface area contributed by atoms with E-state index in [0.717, 1.165) is 31.2 Å². The third kappa shape index (κ3) is 3.06. The van der Waals surface area contributed by atoms with Crippen molar-refractivity contribution in [2.45, 2.75) is 31.8 Å². The highest BCUT2D eigenvalue weighted by atomic mass is 35.5. The summed E-state index contributed by atoms with van der Waals surface area (Å²) in [5.74, 6) is 0. The first kappa shape index (κ1) is 14.5. The molecule has 0 radical (unpaired) electrons. The van der Waals surface area contributed by atoms with Gasteiger partial charge in [0, 0.05) is 25.7 Å². The number of hydrogen-bond donors (Lipinski definition) is 1. The van der Waals surface area contributed by atoms with Gasteiger partial charge in [-0.3, -0.25) is 9.80 Å². The Morgan fingerprint density at radius 3 is 2.40 bits per heavy atom. The number of anilines is 1. The molecule has 2 heterocycles. The second kappa shape index (κ2) is 6.10. The summed E-state index contributed by atoms with van der Waals surface area (Å²) < 4.78 is 0. The summed E-state index contributed by atoms with van der Waals surface area (Å²) in [6.45, 7) is 5.76. The Labute approximate surface area is 130 Å². The van der Waals surface area contributed by atoms with Crippen molar-refractivity contribution in [2.75, 3.05) is 31.9 Å². The molecule has 20 heavy (non-hydrogen) atoms. The predicted octanol–water partition coefficient (Wildman–Crippen LogP) is 3.25. The van der Waals surface area contributed by atoms with Crippen LogP contribution in [0.1, 0.15) is 24.8 Å². The Morgan fingerprint density at radius 1 is 1.10 bits per heavy atom. The monoisotopic (exact) mass is 313 g/mol. The highest BCUT2D eigenvalue weighted by Gasteiger charge is 2.29. The molecule has 0 bridgehead atoms. The number of rotatable bonds is 3. The van der Waals surface area contributed by atoms with Crippen LogP contribution < -0.4 is 5.73 Å². The first-order chi connectivity index (χ1) is 9.63. The van der Waals surface area contributed by atoms with E-state index < -0.39 is 0 Å². The molecule has 1 aromatic rings. The summed E-state index contributed by atoms with van der Waals surface area (Å²) in [5.41, 5.74) is 7.41. The molecule has 1 atom stereocenters. The lowest BCUT2D eigenvalue weighted by Gasteiger charge is -2.23. The predicted molar refractivity (Wildman–Crippen MR) is 85.4 cm³/mol. The van der Waals surface area contributed by atoms with Crippen molar-refractivity contribution in [2.24, 2.45) is 0 Å². The van der Waals surface area contributed by atoms with Crippen LogP contribution in [0.4, 0.5) is 5.69 Å². The quantitative estimate of drug-likeness (QED) is 0.869. The maximum Gasteiger partial charge on any atom is 0.0693 e. The average molecular weight is 314 g/mol. The lowest BCUT2D eigenvalue weighted by molar-refractivity contribution is 0.230. The number of nitrogens with two attached hydrogens (primary N) is 1. The van der Waals surface area contributed by atoms with Gasteiger partial charge in [-0.25, -0.2) is 0 Å². The van der Waals surface area contributed by atoms with Crippen molar-refractivity contribution in [1.82, 2.24) is 9.80 Å². The fourth-order valence-electron chi connectivity index (χ4n) is 3.35. The Balaban J connectivity index is 1.61. The van der Waals surface area contributed by atoms with Gasteiger partial charge in [0.2, 0.25) is 0 Å². The molecular weight excluding hydrogens is 293 g/mol. The minimum atomic E-state index is 0.480. The van der Waals surface area contributed by atoms with Gasteiger partial charge >= 0.3 is 0 Å². The molecule has 0 aromatic heterocycles. The third-order valence-electron chi connectivity index (χ3n) is 4.45. The van der Waals surface area contributed by atoms with E-state index in [2.05, 4.69) is 9.80 Å². The molecule has 2 saturated heterocycles. The van der Waals surface area contributed by atoms with E-state index >= 15 is 0 Å². The summed E-state index contributed by atoms with van der Waals surface area (Å²) in [4.78, 5) is 5.13. The van der Waals surface area contributed by atoms with Crippen molar-refractivity contribution >= 4 is 28.9 Å². The second-order valence-corrected chi connectivity index (χ2v) is 6.71. The lowest BCUT2D eigenvalue weighted by atomic mass is 10.2. The van der Waals surface area contributed by atoms with E-state index in [1.165, 1.54) is 32.4 Å². The lowest BCUT2D eigenvalue weighted by Crippen LogP contribution is -2.35. The van der Waals surface area contributed by atoms with E-state index in [9.17, 15) is 0 Å². The standard InChI is InChI=1S/C15H21Cl2N3/c16-13-7-11(8-14(17)15(13)18)9-19-6-3-12(10-19)20-4-1-2-5-20/h7-8,12H,1-6,9-10,18H2.